The predicted molar refractivity (Wildman–Crippen MR) is 117 cm³/mol. The number of amides is 1. The molecule has 0 bridgehead atoms. The summed E-state index contributed by atoms with van der Waals surface area (Å²) in [6.07, 6.45) is 3.30. The van der Waals surface area contributed by atoms with Crippen molar-refractivity contribution < 1.29 is 13.2 Å². The molecule has 0 spiro atoms. The zero-order chi connectivity index (χ0) is 21.6. The number of nitrogens with zero attached hydrogens (tertiary/aromatic N) is 3. The summed E-state index contributed by atoms with van der Waals surface area (Å²) in [5.41, 5.74) is 3.57. The van der Waals surface area contributed by atoms with Crippen molar-refractivity contribution in [1.29, 1.82) is 0 Å². The molecule has 30 heavy (non-hydrogen) atoms. The first kappa shape index (κ1) is 21.4. The Hall–Kier alpha value is -1.84. The third kappa shape index (κ3) is 4.02. The number of carbonyl (C=O) groups excluding carboxylic acids is 1. The van der Waals surface area contributed by atoms with Gasteiger partial charge in [0.1, 0.15) is 5.01 Å². The van der Waals surface area contributed by atoms with E-state index >= 15 is 0 Å². The van der Waals surface area contributed by atoms with E-state index in [0.717, 1.165) is 40.1 Å². The van der Waals surface area contributed by atoms with E-state index in [1.807, 2.05) is 33.8 Å². The van der Waals surface area contributed by atoms with Gasteiger partial charge in [0.05, 0.1) is 4.90 Å². The first-order valence-electron chi connectivity index (χ1n) is 10.4. The summed E-state index contributed by atoms with van der Waals surface area (Å²) in [7, 11) is -3.59. The summed E-state index contributed by atoms with van der Waals surface area (Å²) >= 11 is 1.44. The highest BCUT2D eigenvalue weighted by atomic mass is 32.2. The van der Waals surface area contributed by atoms with Gasteiger partial charge in [-0.05, 0) is 75.6 Å². The van der Waals surface area contributed by atoms with Crippen molar-refractivity contribution in [2.45, 2.75) is 64.2 Å². The molecule has 7 nitrogen and oxygen atoms in total. The first-order valence-corrected chi connectivity index (χ1v) is 12.7. The third-order valence-corrected chi connectivity index (χ3v) is 9.49. The van der Waals surface area contributed by atoms with Crippen molar-refractivity contribution in [1.82, 2.24) is 14.5 Å². The van der Waals surface area contributed by atoms with Gasteiger partial charge in [-0.2, -0.15) is 4.31 Å². The van der Waals surface area contributed by atoms with Crippen LogP contribution in [-0.2, 0) is 14.8 Å². The fourth-order valence-electron chi connectivity index (χ4n) is 4.04. The van der Waals surface area contributed by atoms with E-state index in [0.29, 0.717) is 41.9 Å². The molecule has 1 N–H and O–H groups in total. The summed E-state index contributed by atoms with van der Waals surface area (Å²) in [6, 6.07) is 2.03. The van der Waals surface area contributed by atoms with Gasteiger partial charge in [0.15, 0.2) is 0 Å². The number of sulfonamides is 1. The molecule has 162 valence electrons. The van der Waals surface area contributed by atoms with Crippen molar-refractivity contribution in [3.05, 3.63) is 33.3 Å². The lowest BCUT2D eigenvalue weighted by Crippen LogP contribution is -2.41. The van der Waals surface area contributed by atoms with E-state index in [2.05, 4.69) is 15.5 Å². The van der Waals surface area contributed by atoms with Crippen molar-refractivity contribution >= 4 is 32.4 Å². The van der Waals surface area contributed by atoms with Crippen LogP contribution in [0.2, 0.25) is 0 Å². The second-order valence-corrected chi connectivity index (χ2v) is 11.4. The van der Waals surface area contributed by atoms with Crippen molar-refractivity contribution in [3.8, 4) is 0 Å². The molecule has 1 aliphatic carbocycles. The fraction of sp³-hybridized carbons (Fsp3) is 0.571. The molecule has 2 aromatic rings. The van der Waals surface area contributed by atoms with Gasteiger partial charge in [-0.3, -0.25) is 4.79 Å². The smallest absolute Gasteiger partial charge is 0.243 e. The molecule has 1 saturated carbocycles. The standard InChI is InChI=1S/C21H28N4O3S2/c1-12-11-13(2)15(4)18(14(12)3)30(27,28)25-9-7-16(8-10-25)19(26)22-21-24-23-20(29-21)17-5-6-17/h11,16-17H,5-10H2,1-4H3,(H,22,24,26). The Morgan fingerprint density at radius 3 is 2.20 bits per heavy atom. The minimum atomic E-state index is -3.59. The maximum atomic E-state index is 13.4. The number of nitrogens with one attached hydrogen (secondary N) is 1. The van der Waals surface area contributed by atoms with Gasteiger partial charge < -0.3 is 5.32 Å². The summed E-state index contributed by atoms with van der Waals surface area (Å²) < 4.78 is 28.3. The topological polar surface area (TPSA) is 92.3 Å². The van der Waals surface area contributed by atoms with Gasteiger partial charge in [0, 0.05) is 24.9 Å². The van der Waals surface area contributed by atoms with Gasteiger partial charge in [-0.15, -0.1) is 10.2 Å². The van der Waals surface area contributed by atoms with Crippen molar-refractivity contribution in [2.75, 3.05) is 18.4 Å². The van der Waals surface area contributed by atoms with Crippen LogP contribution in [0.15, 0.2) is 11.0 Å². The second-order valence-electron chi connectivity index (χ2n) is 8.48. The zero-order valence-corrected chi connectivity index (χ0v) is 19.5. The Morgan fingerprint density at radius 1 is 1.03 bits per heavy atom. The molecular weight excluding hydrogens is 420 g/mol. The molecule has 1 aliphatic heterocycles. The fourth-order valence-corrected chi connectivity index (χ4v) is 7.00. The maximum absolute atomic E-state index is 13.4. The van der Waals surface area contributed by atoms with Crippen LogP contribution >= 0.6 is 11.3 Å². The van der Waals surface area contributed by atoms with Gasteiger partial charge in [0.25, 0.3) is 0 Å². The van der Waals surface area contributed by atoms with E-state index in [4.69, 9.17) is 0 Å². The normalized spacial score (nSPS) is 18.5. The molecule has 1 aromatic carbocycles. The molecule has 4 rings (SSSR count). The van der Waals surface area contributed by atoms with Crippen LogP contribution < -0.4 is 5.32 Å². The molecule has 1 amide bonds. The molecule has 1 saturated heterocycles. The summed E-state index contributed by atoms with van der Waals surface area (Å²) in [6.45, 7) is 8.31. The Balaban J connectivity index is 1.43. The van der Waals surface area contributed by atoms with Crippen LogP contribution in [0.1, 0.15) is 58.9 Å². The van der Waals surface area contributed by atoms with E-state index in [1.165, 1.54) is 15.6 Å². The first-order chi connectivity index (χ1) is 14.2. The molecular formula is C21H28N4O3S2. The van der Waals surface area contributed by atoms with Crippen LogP contribution in [0.4, 0.5) is 5.13 Å². The molecule has 0 unspecified atom stereocenters. The number of piperidine rings is 1. The summed E-state index contributed by atoms with van der Waals surface area (Å²) in [4.78, 5) is 13.1. The van der Waals surface area contributed by atoms with Crippen LogP contribution in [0.3, 0.4) is 0 Å². The average Bonchev–Trinajstić information content (AvgIpc) is 3.46. The number of carbonyl (C=O) groups is 1. The summed E-state index contributed by atoms with van der Waals surface area (Å²) in [5, 5.41) is 12.6. The molecule has 0 radical (unpaired) electrons. The highest BCUT2D eigenvalue weighted by molar-refractivity contribution is 7.89. The van der Waals surface area contributed by atoms with E-state index < -0.39 is 10.0 Å². The van der Waals surface area contributed by atoms with Crippen LogP contribution in [0, 0.1) is 33.6 Å². The number of rotatable bonds is 5. The number of aromatic nitrogens is 2. The predicted octanol–water partition coefficient (Wildman–Crippen LogP) is 3.69. The largest absolute Gasteiger partial charge is 0.300 e. The van der Waals surface area contributed by atoms with Gasteiger partial charge in [0.2, 0.25) is 21.1 Å². The zero-order valence-electron chi connectivity index (χ0n) is 17.9. The lowest BCUT2D eigenvalue weighted by atomic mass is 9.97. The van der Waals surface area contributed by atoms with Gasteiger partial charge in [-0.1, -0.05) is 17.4 Å². The Labute approximate surface area is 182 Å². The van der Waals surface area contributed by atoms with E-state index in [9.17, 15) is 13.2 Å². The van der Waals surface area contributed by atoms with Crippen molar-refractivity contribution in [3.63, 3.8) is 0 Å². The molecule has 2 fully saturated rings. The molecule has 2 aliphatic rings. The SMILES string of the molecule is Cc1cc(C)c(C)c(S(=O)(=O)N2CCC(C(=O)Nc3nnc(C4CC4)s3)CC2)c1C. The van der Waals surface area contributed by atoms with Gasteiger partial charge in [-0.25, -0.2) is 8.42 Å². The number of anilines is 1. The third-order valence-electron chi connectivity index (χ3n) is 6.32. The van der Waals surface area contributed by atoms with Crippen LogP contribution in [-0.4, -0.2) is 41.9 Å². The minimum Gasteiger partial charge on any atom is -0.300 e. The number of aryl methyl sites for hydroxylation is 2. The Morgan fingerprint density at radius 2 is 1.63 bits per heavy atom. The molecule has 2 heterocycles. The number of hydrogen-bond acceptors (Lipinski definition) is 6. The average molecular weight is 449 g/mol. The summed E-state index contributed by atoms with van der Waals surface area (Å²) in [5.74, 6) is 0.203. The highest BCUT2D eigenvalue weighted by Crippen LogP contribution is 2.42. The van der Waals surface area contributed by atoms with Crippen LogP contribution in [0.25, 0.3) is 0 Å². The minimum absolute atomic E-state index is 0.0932. The molecule has 1 aromatic heterocycles. The lowest BCUT2D eigenvalue weighted by Gasteiger charge is -2.31. The van der Waals surface area contributed by atoms with Crippen molar-refractivity contribution in [2.24, 2.45) is 5.92 Å². The molecule has 0 atom stereocenters. The highest BCUT2D eigenvalue weighted by Gasteiger charge is 2.35. The maximum Gasteiger partial charge on any atom is 0.243 e. The lowest BCUT2D eigenvalue weighted by molar-refractivity contribution is -0.120. The quantitative estimate of drug-likeness (QED) is 0.753. The monoisotopic (exact) mass is 448 g/mol. The number of benzene rings is 1. The van der Waals surface area contributed by atoms with E-state index in [1.54, 1.807) is 0 Å². The van der Waals surface area contributed by atoms with E-state index in [-0.39, 0.29) is 11.8 Å². The van der Waals surface area contributed by atoms with Crippen LogP contribution in [0.5, 0.6) is 0 Å². The molecule has 9 heteroatoms. The number of hydrogen-bond donors (Lipinski definition) is 1. The Kier molecular flexibility index (Phi) is 5.71. The van der Waals surface area contributed by atoms with Gasteiger partial charge >= 0.3 is 0 Å². The second kappa shape index (κ2) is 8.01. The Bertz CT molecular complexity index is 1060.